The van der Waals surface area contributed by atoms with Gasteiger partial charge in [0.25, 0.3) is 0 Å². The Kier molecular flexibility index (Phi) is 3.55. The summed E-state index contributed by atoms with van der Waals surface area (Å²) in [6.45, 7) is 8.55. The van der Waals surface area contributed by atoms with E-state index in [2.05, 4.69) is 58.0 Å². The van der Waals surface area contributed by atoms with Gasteiger partial charge in [-0.05, 0) is 106 Å². The molecule has 1 aliphatic heterocycles. The van der Waals surface area contributed by atoms with E-state index in [1.54, 1.807) is 0 Å². The minimum absolute atomic E-state index is 0.0962. The van der Waals surface area contributed by atoms with Crippen molar-refractivity contribution in [2.45, 2.75) is 76.4 Å². The van der Waals surface area contributed by atoms with E-state index in [1.807, 2.05) is 6.20 Å². The van der Waals surface area contributed by atoms with Gasteiger partial charge in [-0.3, -0.25) is 4.98 Å². The lowest BCUT2D eigenvalue weighted by Gasteiger charge is -2.60. The Morgan fingerprint density at radius 3 is 2.13 bits per heavy atom. The number of aromatic nitrogens is 1. The van der Waals surface area contributed by atoms with Crippen LogP contribution in [0.15, 0.2) is 36.5 Å². The molecule has 0 radical (unpaired) electrons. The van der Waals surface area contributed by atoms with Gasteiger partial charge in [0.15, 0.2) is 0 Å². The molecule has 4 bridgehead atoms. The zero-order valence-electron chi connectivity index (χ0n) is 19.2. The van der Waals surface area contributed by atoms with Gasteiger partial charge >= 0.3 is 7.12 Å². The van der Waals surface area contributed by atoms with Crippen LogP contribution in [0.25, 0.3) is 11.1 Å². The molecule has 0 amide bonds. The Balaban J connectivity index is 1.40. The predicted octanol–water partition coefficient (Wildman–Crippen LogP) is 5.10. The minimum Gasteiger partial charge on any atom is -0.399 e. The van der Waals surface area contributed by atoms with E-state index in [0.717, 1.165) is 23.7 Å². The molecule has 1 aromatic carbocycles. The minimum atomic E-state index is -0.318. The van der Waals surface area contributed by atoms with Crippen LogP contribution in [0.1, 0.15) is 71.1 Å². The Bertz CT molecular complexity index is 1050. The van der Waals surface area contributed by atoms with Gasteiger partial charge in [-0.1, -0.05) is 24.3 Å². The molecule has 160 valence electrons. The Morgan fingerprint density at radius 1 is 0.839 bits per heavy atom. The maximum atomic E-state index is 6.44. The van der Waals surface area contributed by atoms with Crippen molar-refractivity contribution in [3.05, 3.63) is 47.8 Å². The van der Waals surface area contributed by atoms with Gasteiger partial charge in [0, 0.05) is 17.2 Å². The lowest BCUT2D eigenvalue weighted by molar-refractivity contribution is -0.0415. The van der Waals surface area contributed by atoms with Crippen molar-refractivity contribution in [3.63, 3.8) is 0 Å². The summed E-state index contributed by atoms with van der Waals surface area (Å²) in [7, 11) is -0.305. The van der Waals surface area contributed by atoms with Crippen molar-refractivity contribution < 1.29 is 9.31 Å². The summed E-state index contributed by atoms with van der Waals surface area (Å²) >= 11 is 0. The molecule has 0 atom stereocenters. The maximum absolute atomic E-state index is 6.44. The number of pyridine rings is 1. The van der Waals surface area contributed by atoms with E-state index in [4.69, 9.17) is 14.3 Å². The average molecular weight is 413 g/mol. The molecular weight excluding hydrogens is 381 g/mol. The van der Waals surface area contributed by atoms with E-state index in [0.29, 0.717) is 0 Å². The van der Waals surface area contributed by atoms with Crippen molar-refractivity contribution in [1.29, 1.82) is 0 Å². The van der Waals surface area contributed by atoms with Crippen LogP contribution < -0.4 is 5.46 Å². The van der Waals surface area contributed by atoms with E-state index in [-0.39, 0.29) is 23.7 Å². The van der Waals surface area contributed by atoms with Crippen LogP contribution in [-0.4, -0.2) is 23.3 Å². The summed E-state index contributed by atoms with van der Waals surface area (Å²) in [4.78, 5) is 5.08. The average Bonchev–Trinajstić information content (AvgIpc) is 3.13. The molecule has 8 rings (SSSR count). The highest BCUT2D eigenvalue weighted by molar-refractivity contribution is 6.62. The molecule has 0 unspecified atom stereocenters. The second-order valence-electron chi connectivity index (χ2n) is 12.0. The third-order valence-electron chi connectivity index (χ3n) is 9.93. The Labute approximate surface area is 186 Å². The highest BCUT2D eigenvalue weighted by Gasteiger charge is 2.62. The van der Waals surface area contributed by atoms with Crippen LogP contribution in [0.5, 0.6) is 0 Å². The standard InChI is InChI=1S/C27H32BNO2/c1-25(2)26(3,4)31-28(30-25)20-7-8-21-22-6-5-9-29-24(22)27(23(21)15-20)18-11-16-10-17(13-18)14-19(27)12-16/h5-9,15-19H,10-14H2,1-4H3. The van der Waals surface area contributed by atoms with Gasteiger partial charge in [0.05, 0.1) is 16.9 Å². The number of hydrogen-bond donors (Lipinski definition) is 0. The van der Waals surface area contributed by atoms with Crippen molar-refractivity contribution in [2.75, 3.05) is 0 Å². The zero-order chi connectivity index (χ0) is 21.2. The fourth-order valence-corrected chi connectivity index (χ4v) is 8.10. The predicted molar refractivity (Wildman–Crippen MR) is 123 cm³/mol. The first-order valence-electron chi connectivity index (χ1n) is 12.3. The molecule has 31 heavy (non-hydrogen) atoms. The van der Waals surface area contributed by atoms with E-state index >= 15 is 0 Å². The Morgan fingerprint density at radius 2 is 1.48 bits per heavy atom. The third kappa shape index (κ3) is 2.26. The lowest BCUT2D eigenvalue weighted by Crippen LogP contribution is -2.55. The van der Waals surface area contributed by atoms with Crippen LogP contribution >= 0.6 is 0 Å². The number of hydrogen-bond acceptors (Lipinski definition) is 3. The maximum Gasteiger partial charge on any atom is 0.494 e. The molecule has 0 N–H and O–H groups in total. The van der Waals surface area contributed by atoms with Gasteiger partial charge < -0.3 is 9.31 Å². The largest absolute Gasteiger partial charge is 0.494 e. The highest BCUT2D eigenvalue weighted by atomic mass is 16.7. The first kappa shape index (κ1) is 18.9. The van der Waals surface area contributed by atoms with E-state index in [1.165, 1.54) is 60.0 Å². The quantitative estimate of drug-likeness (QED) is 0.610. The van der Waals surface area contributed by atoms with Crippen molar-refractivity contribution in [1.82, 2.24) is 4.98 Å². The van der Waals surface area contributed by atoms with Crippen molar-refractivity contribution in [2.24, 2.45) is 23.7 Å². The number of benzene rings is 1. The Hall–Kier alpha value is -1.65. The first-order chi connectivity index (χ1) is 14.8. The fraction of sp³-hybridized carbons (Fsp3) is 0.593. The SMILES string of the molecule is CC1(C)OB(c2ccc3c(c2)C2(c4ncccc4-3)C3CC4CC(C3)CC2C4)OC1(C)C. The fourth-order valence-electron chi connectivity index (χ4n) is 8.10. The molecule has 2 aromatic rings. The molecule has 1 saturated heterocycles. The van der Waals surface area contributed by atoms with Gasteiger partial charge in [-0.25, -0.2) is 0 Å². The van der Waals surface area contributed by atoms with Gasteiger partial charge in [0.2, 0.25) is 0 Å². The van der Waals surface area contributed by atoms with E-state index < -0.39 is 0 Å². The summed E-state index contributed by atoms with van der Waals surface area (Å²) < 4.78 is 12.9. The number of nitrogens with zero attached hydrogens (tertiary/aromatic N) is 1. The molecular formula is C27H32BNO2. The smallest absolute Gasteiger partial charge is 0.399 e. The number of rotatable bonds is 1. The molecule has 1 aromatic heterocycles. The lowest BCUT2D eigenvalue weighted by atomic mass is 9.43. The van der Waals surface area contributed by atoms with Gasteiger partial charge in [0.1, 0.15) is 0 Å². The molecule has 5 aliphatic carbocycles. The zero-order valence-corrected chi connectivity index (χ0v) is 19.2. The molecule has 5 fully saturated rings. The first-order valence-corrected chi connectivity index (χ1v) is 12.3. The second-order valence-corrected chi connectivity index (χ2v) is 12.0. The molecule has 1 spiro atoms. The topological polar surface area (TPSA) is 31.4 Å². The molecule has 6 aliphatic rings. The second kappa shape index (κ2) is 5.82. The monoisotopic (exact) mass is 413 g/mol. The third-order valence-corrected chi connectivity index (χ3v) is 9.93. The summed E-state index contributed by atoms with van der Waals surface area (Å²) in [5, 5.41) is 0. The molecule has 4 heteroatoms. The summed E-state index contributed by atoms with van der Waals surface area (Å²) in [5.41, 5.74) is 6.27. The van der Waals surface area contributed by atoms with Gasteiger partial charge in [-0.2, -0.15) is 0 Å². The van der Waals surface area contributed by atoms with Crippen LogP contribution in [0.4, 0.5) is 0 Å². The summed E-state index contributed by atoms with van der Waals surface area (Å²) in [6.07, 6.45) is 9.00. The van der Waals surface area contributed by atoms with Crippen LogP contribution in [0.2, 0.25) is 0 Å². The van der Waals surface area contributed by atoms with Crippen LogP contribution in [0, 0.1) is 23.7 Å². The molecule has 4 saturated carbocycles. The van der Waals surface area contributed by atoms with Crippen LogP contribution in [0.3, 0.4) is 0 Å². The molecule has 3 nitrogen and oxygen atoms in total. The van der Waals surface area contributed by atoms with Crippen molar-refractivity contribution >= 4 is 12.6 Å². The number of fused-ring (bicyclic) bond motifs is 3. The van der Waals surface area contributed by atoms with Crippen molar-refractivity contribution in [3.8, 4) is 11.1 Å². The van der Waals surface area contributed by atoms with Gasteiger partial charge in [-0.15, -0.1) is 0 Å². The summed E-state index contributed by atoms with van der Waals surface area (Å²) in [5.74, 6) is 3.34. The normalized spacial score (nSPS) is 38.0. The molecule has 2 heterocycles. The van der Waals surface area contributed by atoms with Crippen LogP contribution in [-0.2, 0) is 14.7 Å². The summed E-state index contributed by atoms with van der Waals surface area (Å²) in [6, 6.07) is 11.4. The van der Waals surface area contributed by atoms with E-state index in [9.17, 15) is 0 Å². The highest BCUT2D eigenvalue weighted by Crippen LogP contribution is 2.68.